The standard InChI is InChI=1S/C16H12N2O4/c1-22-15-5-3-2-4-10(15)8-13-12-9-11(18(20)21)6-7-14(12)17-16(13)19/h2-9H,1H3,(H,17,19)/b13-8+. The van der Waals surface area contributed by atoms with Crippen molar-refractivity contribution in [2.24, 2.45) is 0 Å². The minimum absolute atomic E-state index is 0.0545. The van der Waals surface area contributed by atoms with E-state index < -0.39 is 4.92 Å². The lowest BCUT2D eigenvalue weighted by Crippen LogP contribution is -2.03. The molecule has 22 heavy (non-hydrogen) atoms. The van der Waals surface area contributed by atoms with Crippen molar-refractivity contribution in [1.29, 1.82) is 0 Å². The van der Waals surface area contributed by atoms with Gasteiger partial charge in [0.1, 0.15) is 5.75 Å². The summed E-state index contributed by atoms with van der Waals surface area (Å²) in [4.78, 5) is 22.6. The van der Waals surface area contributed by atoms with Crippen molar-refractivity contribution in [2.75, 3.05) is 12.4 Å². The van der Waals surface area contributed by atoms with Crippen molar-refractivity contribution in [3.8, 4) is 5.75 Å². The van der Waals surface area contributed by atoms with Crippen molar-refractivity contribution in [1.82, 2.24) is 0 Å². The number of nitro benzene ring substituents is 1. The van der Waals surface area contributed by atoms with E-state index in [2.05, 4.69) is 5.32 Å². The zero-order valence-corrected chi connectivity index (χ0v) is 11.7. The highest BCUT2D eigenvalue weighted by Gasteiger charge is 2.26. The highest BCUT2D eigenvalue weighted by Crippen LogP contribution is 2.36. The Kier molecular flexibility index (Phi) is 3.34. The molecule has 0 spiro atoms. The third-order valence-corrected chi connectivity index (χ3v) is 3.44. The third-order valence-electron chi connectivity index (χ3n) is 3.44. The number of nitro groups is 1. The summed E-state index contributed by atoms with van der Waals surface area (Å²) in [6, 6.07) is 11.6. The number of benzene rings is 2. The lowest BCUT2D eigenvalue weighted by molar-refractivity contribution is -0.384. The van der Waals surface area contributed by atoms with Crippen molar-refractivity contribution in [3.05, 3.63) is 63.7 Å². The van der Waals surface area contributed by atoms with Crippen LogP contribution in [0.15, 0.2) is 42.5 Å². The van der Waals surface area contributed by atoms with E-state index in [0.717, 1.165) is 5.56 Å². The molecule has 1 N–H and O–H groups in total. The van der Waals surface area contributed by atoms with E-state index in [0.29, 0.717) is 22.6 Å². The average molecular weight is 296 g/mol. The normalized spacial score (nSPS) is 14.6. The number of hydrogen-bond acceptors (Lipinski definition) is 4. The number of nitrogens with zero attached hydrogens (tertiary/aromatic N) is 1. The van der Waals surface area contributed by atoms with Crippen molar-refractivity contribution >= 4 is 28.9 Å². The number of carbonyl (C=O) groups is 1. The summed E-state index contributed by atoms with van der Waals surface area (Å²) in [6.45, 7) is 0. The summed E-state index contributed by atoms with van der Waals surface area (Å²) >= 11 is 0. The van der Waals surface area contributed by atoms with Gasteiger partial charge in [0.15, 0.2) is 0 Å². The summed E-state index contributed by atoms with van der Waals surface area (Å²) in [5.74, 6) is 0.336. The molecule has 1 heterocycles. The van der Waals surface area contributed by atoms with Crippen LogP contribution in [-0.4, -0.2) is 17.9 Å². The number of hydrogen-bond donors (Lipinski definition) is 1. The largest absolute Gasteiger partial charge is 0.496 e. The molecule has 6 heteroatoms. The van der Waals surface area contributed by atoms with Crippen LogP contribution in [0.3, 0.4) is 0 Å². The van der Waals surface area contributed by atoms with Gasteiger partial charge < -0.3 is 10.1 Å². The molecule has 1 amide bonds. The fraction of sp³-hybridized carbons (Fsp3) is 0.0625. The molecule has 1 aliphatic rings. The van der Waals surface area contributed by atoms with Gasteiger partial charge in [-0.1, -0.05) is 18.2 Å². The minimum Gasteiger partial charge on any atom is -0.496 e. The second-order valence-corrected chi connectivity index (χ2v) is 4.74. The van der Waals surface area contributed by atoms with E-state index in [-0.39, 0.29) is 11.6 Å². The lowest BCUT2D eigenvalue weighted by atomic mass is 10.0. The molecule has 6 nitrogen and oxygen atoms in total. The Morgan fingerprint density at radius 2 is 2.00 bits per heavy atom. The Bertz CT molecular complexity index is 812. The first-order valence-electron chi connectivity index (χ1n) is 6.55. The molecule has 2 aromatic rings. The Hall–Kier alpha value is -3.15. The van der Waals surface area contributed by atoms with Crippen LogP contribution in [0, 0.1) is 10.1 Å². The maximum Gasteiger partial charge on any atom is 0.270 e. The van der Waals surface area contributed by atoms with Crippen molar-refractivity contribution < 1.29 is 14.5 Å². The smallest absolute Gasteiger partial charge is 0.270 e. The summed E-state index contributed by atoms with van der Waals surface area (Å²) in [7, 11) is 1.55. The second-order valence-electron chi connectivity index (χ2n) is 4.74. The van der Waals surface area contributed by atoms with Crippen LogP contribution in [0.4, 0.5) is 11.4 Å². The number of para-hydroxylation sites is 1. The van der Waals surface area contributed by atoms with Crippen molar-refractivity contribution in [3.63, 3.8) is 0 Å². The Labute approximate surface area is 126 Å². The van der Waals surface area contributed by atoms with Crippen LogP contribution in [0.5, 0.6) is 5.75 Å². The number of anilines is 1. The van der Waals surface area contributed by atoms with Gasteiger partial charge in [-0.3, -0.25) is 14.9 Å². The Balaban J connectivity index is 2.13. The quantitative estimate of drug-likeness (QED) is 0.536. The highest BCUT2D eigenvalue weighted by atomic mass is 16.6. The fourth-order valence-electron chi connectivity index (χ4n) is 2.37. The topological polar surface area (TPSA) is 81.5 Å². The van der Waals surface area contributed by atoms with Gasteiger partial charge in [0.2, 0.25) is 0 Å². The first-order valence-corrected chi connectivity index (χ1v) is 6.55. The predicted molar refractivity (Wildman–Crippen MR) is 82.6 cm³/mol. The Morgan fingerprint density at radius 1 is 1.23 bits per heavy atom. The monoisotopic (exact) mass is 296 g/mol. The van der Waals surface area contributed by atoms with Gasteiger partial charge in [-0.05, 0) is 18.2 Å². The molecule has 0 saturated carbocycles. The zero-order chi connectivity index (χ0) is 15.7. The summed E-state index contributed by atoms with van der Waals surface area (Å²) in [5, 5.41) is 13.6. The van der Waals surface area contributed by atoms with E-state index in [9.17, 15) is 14.9 Å². The number of non-ortho nitro benzene ring substituents is 1. The number of nitrogens with one attached hydrogen (secondary N) is 1. The van der Waals surface area contributed by atoms with Gasteiger partial charge in [-0.2, -0.15) is 0 Å². The molecule has 0 aliphatic carbocycles. The van der Waals surface area contributed by atoms with Gasteiger partial charge in [0, 0.05) is 34.5 Å². The van der Waals surface area contributed by atoms with Gasteiger partial charge in [-0.15, -0.1) is 0 Å². The van der Waals surface area contributed by atoms with Crippen LogP contribution < -0.4 is 10.1 Å². The molecular formula is C16H12N2O4. The molecule has 0 bridgehead atoms. The van der Waals surface area contributed by atoms with E-state index in [1.807, 2.05) is 18.2 Å². The van der Waals surface area contributed by atoms with Gasteiger partial charge >= 0.3 is 0 Å². The molecule has 2 aromatic carbocycles. The van der Waals surface area contributed by atoms with Crippen LogP contribution in [0.1, 0.15) is 11.1 Å². The molecule has 110 valence electrons. The molecule has 0 unspecified atom stereocenters. The van der Waals surface area contributed by atoms with Crippen LogP contribution >= 0.6 is 0 Å². The molecule has 0 saturated heterocycles. The number of carbonyl (C=O) groups excluding carboxylic acids is 1. The third kappa shape index (κ3) is 2.31. The molecule has 0 fully saturated rings. The highest BCUT2D eigenvalue weighted by molar-refractivity contribution is 6.35. The maximum absolute atomic E-state index is 12.1. The number of rotatable bonds is 3. The van der Waals surface area contributed by atoms with E-state index >= 15 is 0 Å². The summed E-state index contributed by atoms with van der Waals surface area (Å²) in [5.41, 5.74) is 2.14. The molecule has 0 atom stereocenters. The number of ether oxygens (including phenoxy) is 1. The van der Waals surface area contributed by atoms with Crippen LogP contribution in [-0.2, 0) is 4.79 Å². The second kappa shape index (κ2) is 5.33. The molecule has 3 rings (SSSR count). The van der Waals surface area contributed by atoms with Crippen molar-refractivity contribution in [2.45, 2.75) is 0 Å². The number of methoxy groups -OCH3 is 1. The van der Waals surface area contributed by atoms with Crippen LogP contribution in [0.25, 0.3) is 11.6 Å². The molecular weight excluding hydrogens is 284 g/mol. The first-order chi connectivity index (χ1) is 10.6. The van der Waals surface area contributed by atoms with Gasteiger partial charge in [0.05, 0.1) is 12.0 Å². The first kappa shape index (κ1) is 13.8. The maximum atomic E-state index is 12.1. The zero-order valence-electron chi connectivity index (χ0n) is 11.7. The van der Waals surface area contributed by atoms with E-state index in [4.69, 9.17) is 4.74 Å². The minimum atomic E-state index is -0.482. The number of amides is 1. The lowest BCUT2D eigenvalue weighted by Gasteiger charge is -2.05. The van der Waals surface area contributed by atoms with E-state index in [1.165, 1.54) is 18.2 Å². The van der Waals surface area contributed by atoms with Gasteiger partial charge in [0.25, 0.3) is 11.6 Å². The molecule has 1 aliphatic heterocycles. The SMILES string of the molecule is COc1ccccc1/C=C1/C(=O)Nc2ccc([N+](=O)[O-])cc21. The fourth-order valence-corrected chi connectivity index (χ4v) is 2.37. The summed E-state index contributed by atoms with van der Waals surface area (Å²) < 4.78 is 5.26. The van der Waals surface area contributed by atoms with Gasteiger partial charge in [-0.25, -0.2) is 0 Å². The number of fused-ring (bicyclic) bond motifs is 1. The average Bonchev–Trinajstić information content (AvgIpc) is 2.83. The molecule has 0 aromatic heterocycles. The van der Waals surface area contributed by atoms with E-state index in [1.54, 1.807) is 19.3 Å². The predicted octanol–water partition coefficient (Wildman–Crippen LogP) is 3.10. The molecule has 0 radical (unpaired) electrons. The van der Waals surface area contributed by atoms with Crippen LogP contribution in [0.2, 0.25) is 0 Å². The summed E-state index contributed by atoms with van der Waals surface area (Å²) in [6.07, 6.45) is 1.67. The Morgan fingerprint density at radius 3 is 2.73 bits per heavy atom.